The number of hydrogen-bond acceptors (Lipinski definition) is 3. The van der Waals surface area contributed by atoms with Crippen LogP contribution in [0.1, 0.15) is 11.1 Å². The molecule has 0 saturated carbocycles. The number of amides is 1. The first kappa shape index (κ1) is 14.4. The number of fused-ring (bicyclic) bond motifs is 1. The highest BCUT2D eigenvalue weighted by Crippen LogP contribution is 2.28. The highest BCUT2D eigenvalue weighted by Gasteiger charge is 2.29. The maximum atomic E-state index is 14.2. The molecule has 1 amide bonds. The fourth-order valence-corrected chi connectivity index (χ4v) is 2.61. The van der Waals surface area contributed by atoms with E-state index in [9.17, 15) is 9.18 Å². The van der Waals surface area contributed by atoms with E-state index in [-0.39, 0.29) is 18.3 Å². The van der Waals surface area contributed by atoms with E-state index in [1.807, 2.05) is 24.3 Å². The predicted molar refractivity (Wildman–Crippen MR) is 84.7 cm³/mol. The van der Waals surface area contributed by atoms with E-state index < -0.39 is 6.04 Å². The molecule has 0 spiro atoms. The van der Waals surface area contributed by atoms with Crippen LogP contribution in [0.25, 0.3) is 0 Å². The Bertz CT molecular complexity index is 757. The second kappa shape index (κ2) is 5.69. The fraction of sp³-hybridized carbons (Fsp3) is 0.176. The van der Waals surface area contributed by atoms with Gasteiger partial charge in [0.05, 0.1) is 11.4 Å². The fourth-order valence-electron chi connectivity index (χ4n) is 2.61. The second-order valence-electron chi connectivity index (χ2n) is 5.12. The largest absolute Gasteiger partial charge is 0.328 e. The molecule has 2 aromatic carbocycles. The summed E-state index contributed by atoms with van der Waals surface area (Å²) in [5.74, 6) is -0.565. The molecule has 1 unspecified atom stereocenters. The van der Waals surface area contributed by atoms with E-state index in [0.717, 1.165) is 5.56 Å². The average Bonchev–Trinajstić information content (AvgIpc) is 2.65. The zero-order valence-electron chi connectivity index (χ0n) is 12.2. The van der Waals surface area contributed by atoms with Gasteiger partial charge in [0, 0.05) is 24.7 Å². The molecule has 0 fully saturated rings. The quantitative estimate of drug-likeness (QED) is 0.921. The molecule has 3 rings (SSSR count). The van der Waals surface area contributed by atoms with Gasteiger partial charge in [-0.3, -0.25) is 9.79 Å². The Morgan fingerprint density at radius 3 is 2.45 bits per heavy atom. The number of hydrogen-bond donors (Lipinski definition) is 1. The van der Waals surface area contributed by atoms with Crippen LogP contribution in [0.15, 0.2) is 53.5 Å². The first-order chi connectivity index (χ1) is 10.6. The molecular formula is C17H16FN3O. The van der Waals surface area contributed by atoms with Crippen LogP contribution in [0.4, 0.5) is 10.1 Å². The van der Waals surface area contributed by atoms with Gasteiger partial charge >= 0.3 is 0 Å². The smallest absolute Gasteiger partial charge is 0.252 e. The van der Waals surface area contributed by atoms with Gasteiger partial charge < -0.3 is 10.6 Å². The van der Waals surface area contributed by atoms with Crippen molar-refractivity contribution in [3.05, 3.63) is 65.5 Å². The van der Waals surface area contributed by atoms with Gasteiger partial charge in [0.1, 0.15) is 11.9 Å². The molecule has 2 N–H and O–H groups in total. The van der Waals surface area contributed by atoms with Crippen LogP contribution >= 0.6 is 0 Å². The molecule has 22 heavy (non-hydrogen) atoms. The van der Waals surface area contributed by atoms with Crippen molar-refractivity contribution in [1.82, 2.24) is 0 Å². The van der Waals surface area contributed by atoms with E-state index in [4.69, 9.17) is 5.73 Å². The number of carbonyl (C=O) groups is 1. The molecule has 1 aliphatic heterocycles. The molecule has 5 heteroatoms. The molecule has 0 aromatic heterocycles. The first-order valence-electron chi connectivity index (χ1n) is 7.03. The number of likely N-dealkylation sites (N-methyl/N-ethyl adjacent to an activating group) is 1. The summed E-state index contributed by atoms with van der Waals surface area (Å²) in [6, 6.07) is 13.0. The van der Waals surface area contributed by atoms with Crippen LogP contribution in [0, 0.1) is 5.82 Å². The third-order valence-electron chi connectivity index (χ3n) is 3.77. The number of halogens is 1. The number of aliphatic imine (C=N–C) groups is 1. The number of rotatable bonds is 2. The number of benzene rings is 2. The van der Waals surface area contributed by atoms with Gasteiger partial charge in [-0.2, -0.15) is 0 Å². The second-order valence-corrected chi connectivity index (χ2v) is 5.12. The molecular weight excluding hydrogens is 281 g/mol. The lowest BCUT2D eigenvalue weighted by Gasteiger charge is -2.19. The van der Waals surface area contributed by atoms with E-state index in [1.54, 1.807) is 25.2 Å². The molecule has 4 nitrogen and oxygen atoms in total. The minimum absolute atomic E-state index is 0.0785. The lowest BCUT2D eigenvalue weighted by atomic mass is 10.00. The Labute approximate surface area is 128 Å². The molecule has 112 valence electrons. The average molecular weight is 297 g/mol. The third-order valence-corrected chi connectivity index (χ3v) is 3.77. The summed E-state index contributed by atoms with van der Waals surface area (Å²) in [7, 11) is 1.68. The molecule has 1 atom stereocenters. The van der Waals surface area contributed by atoms with E-state index in [2.05, 4.69) is 4.99 Å². The zero-order valence-corrected chi connectivity index (χ0v) is 12.2. The highest BCUT2D eigenvalue weighted by molar-refractivity contribution is 6.20. The molecule has 1 aliphatic rings. The number of nitrogens with zero attached hydrogens (tertiary/aromatic N) is 2. The van der Waals surface area contributed by atoms with Crippen molar-refractivity contribution >= 4 is 17.3 Å². The van der Waals surface area contributed by atoms with Gasteiger partial charge in [-0.25, -0.2) is 4.39 Å². The van der Waals surface area contributed by atoms with Crippen molar-refractivity contribution in [3.8, 4) is 0 Å². The van der Waals surface area contributed by atoms with Gasteiger partial charge in [0.25, 0.3) is 5.91 Å². The summed E-state index contributed by atoms with van der Waals surface area (Å²) in [4.78, 5) is 18.4. The van der Waals surface area contributed by atoms with Gasteiger partial charge in [0.15, 0.2) is 0 Å². The standard InChI is InChI=1S/C17H16FN3O/c1-21-15-9-5-3-7-12(15)16(20-14(10-19)17(21)22)11-6-2-4-8-13(11)18/h2-9,14H,10,19H2,1H3. The van der Waals surface area contributed by atoms with Gasteiger partial charge in [0.2, 0.25) is 0 Å². The topological polar surface area (TPSA) is 58.7 Å². The summed E-state index contributed by atoms with van der Waals surface area (Å²) < 4.78 is 14.2. The zero-order chi connectivity index (χ0) is 15.7. The number of benzodiazepines with no additional fused rings is 1. The molecule has 0 saturated heterocycles. The molecule has 0 radical (unpaired) electrons. The summed E-state index contributed by atoms with van der Waals surface area (Å²) in [6.07, 6.45) is 0. The van der Waals surface area contributed by atoms with Gasteiger partial charge in [-0.05, 0) is 18.2 Å². The van der Waals surface area contributed by atoms with Crippen molar-refractivity contribution in [3.63, 3.8) is 0 Å². The number of nitrogens with two attached hydrogens (primary N) is 1. The van der Waals surface area contributed by atoms with E-state index in [1.165, 1.54) is 11.0 Å². The van der Waals surface area contributed by atoms with Crippen LogP contribution < -0.4 is 10.6 Å². The Morgan fingerprint density at radius 2 is 1.77 bits per heavy atom. The summed E-state index contributed by atoms with van der Waals surface area (Å²) in [5, 5.41) is 0. The highest BCUT2D eigenvalue weighted by atomic mass is 19.1. The third kappa shape index (κ3) is 2.29. The van der Waals surface area contributed by atoms with Crippen molar-refractivity contribution in [2.24, 2.45) is 10.7 Å². The van der Waals surface area contributed by atoms with Crippen molar-refractivity contribution < 1.29 is 9.18 Å². The monoisotopic (exact) mass is 297 g/mol. The van der Waals surface area contributed by atoms with Crippen LogP contribution in [0.5, 0.6) is 0 Å². The maximum Gasteiger partial charge on any atom is 0.252 e. The van der Waals surface area contributed by atoms with E-state index in [0.29, 0.717) is 17.0 Å². The number of para-hydroxylation sites is 1. The van der Waals surface area contributed by atoms with E-state index >= 15 is 0 Å². The molecule has 0 bridgehead atoms. The van der Waals surface area contributed by atoms with Crippen LogP contribution in [0.3, 0.4) is 0 Å². The lowest BCUT2D eigenvalue weighted by molar-refractivity contribution is -0.119. The first-order valence-corrected chi connectivity index (χ1v) is 7.03. The van der Waals surface area contributed by atoms with Crippen molar-refractivity contribution in [2.75, 3.05) is 18.5 Å². The molecule has 0 aliphatic carbocycles. The Morgan fingerprint density at radius 1 is 1.14 bits per heavy atom. The van der Waals surface area contributed by atoms with Crippen molar-refractivity contribution in [2.45, 2.75) is 6.04 Å². The Balaban J connectivity index is 2.28. The Hall–Kier alpha value is -2.53. The van der Waals surface area contributed by atoms with Crippen LogP contribution in [-0.2, 0) is 4.79 Å². The normalized spacial score (nSPS) is 17.8. The minimum atomic E-state index is -0.716. The van der Waals surface area contributed by atoms with Crippen molar-refractivity contribution in [1.29, 1.82) is 0 Å². The predicted octanol–water partition coefficient (Wildman–Crippen LogP) is 1.97. The van der Waals surface area contributed by atoms with Crippen LogP contribution in [-0.4, -0.2) is 31.3 Å². The minimum Gasteiger partial charge on any atom is -0.328 e. The summed E-state index contributed by atoms with van der Waals surface area (Å²) in [5.41, 5.74) is 7.94. The Kier molecular flexibility index (Phi) is 3.73. The summed E-state index contributed by atoms with van der Waals surface area (Å²) in [6.45, 7) is 0.0785. The number of anilines is 1. The molecule has 2 aromatic rings. The SMILES string of the molecule is CN1C(=O)C(CN)N=C(c2ccccc2F)c2ccccc21. The van der Waals surface area contributed by atoms with Gasteiger partial charge in [-0.1, -0.05) is 30.3 Å². The number of carbonyl (C=O) groups excluding carboxylic acids is 1. The summed E-state index contributed by atoms with van der Waals surface area (Å²) >= 11 is 0. The van der Waals surface area contributed by atoms with Gasteiger partial charge in [-0.15, -0.1) is 0 Å². The maximum absolute atomic E-state index is 14.2. The lowest BCUT2D eigenvalue weighted by Crippen LogP contribution is -2.38. The van der Waals surface area contributed by atoms with Crippen LogP contribution in [0.2, 0.25) is 0 Å². The molecule has 1 heterocycles.